The molecule has 1 aliphatic rings. The van der Waals surface area contributed by atoms with Crippen LogP contribution in [0.25, 0.3) is 0 Å². The molecule has 31 heavy (non-hydrogen) atoms. The van der Waals surface area contributed by atoms with Gasteiger partial charge < -0.3 is 30.2 Å². The van der Waals surface area contributed by atoms with E-state index in [0.717, 1.165) is 5.56 Å². The van der Waals surface area contributed by atoms with Gasteiger partial charge in [-0.1, -0.05) is 0 Å². The summed E-state index contributed by atoms with van der Waals surface area (Å²) in [5.74, 6) is 0.953. The first-order valence-electron chi connectivity index (χ1n) is 9.96. The molecule has 2 rings (SSSR count). The summed E-state index contributed by atoms with van der Waals surface area (Å²) in [5, 5.41) is 9.21. The van der Waals surface area contributed by atoms with E-state index in [-0.39, 0.29) is 36.6 Å². The first kappa shape index (κ1) is 27.2. The van der Waals surface area contributed by atoms with Crippen LogP contribution in [0.15, 0.2) is 17.1 Å². The number of hydrogen-bond donors (Lipinski definition) is 3. The normalized spacial score (nSPS) is 14.0. The average molecular weight is 552 g/mol. The first-order chi connectivity index (χ1) is 14.0. The summed E-state index contributed by atoms with van der Waals surface area (Å²) in [4.78, 5) is 16.2. The molecule has 0 aromatic heterocycles. The molecule has 1 heterocycles. The maximum Gasteiger partial charge on any atom is 0.408 e. The minimum atomic E-state index is -0.560. The third-order valence-electron chi connectivity index (χ3n) is 4.20. The summed E-state index contributed by atoms with van der Waals surface area (Å²) in [5.41, 5.74) is 0.379. The number of guanidine groups is 1. The number of rotatable bonds is 6. The van der Waals surface area contributed by atoms with Crippen molar-refractivity contribution >= 4 is 36.0 Å². The number of nitrogens with one attached hydrogen (secondary N) is 3. The van der Waals surface area contributed by atoms with Gasteiger partial charge in [0, 0.05) is 25.7 Å². The maximum atomic E-state index is 13.9. The van der Waals surface area contributed by atoms with Gasteiger partial charge in [0.25, 0.3) is 0 Å². The smallest absolute Gasteiger partial charge is 0.408 e. The Morgan fingerprint density at radius 1 is 1.23 bits per heavy atom. The standard InChI is InChI=1S/C21H33FN4O4.HI/c1-20(2,3)30-19(27)26-21(4,5)12-25-18(23-6)24-8-7-14-9-16(22)10-15-11-28-13-29-17(14)15;/h9-10H,7-8,11-13H2,1-6H3,(H,26,27)(H2,23,24,25);1H. The lowest BCUT2D eigenvalue weighted by Gasteiger charge is -2.29. The Kier molecular flexibility index (Phi) is 10.3. The number of aliphatic imine (C=N–C) groups is 1. The van der Waals surface area contributed by atoms with E-state index in [1.807, 2.05) is 34.6 Å². The summed E-state index contributed by atoms with van der Waals surface area (Å²) < 4.78 is 29.9. The topological polar surface area (TPSA) is 93.2 Å². The van der Waals surface area contributed by atoms with Crippen molar-refractivity contribution in [1.82, 2.24) is 16.0 Å². The third kappa shape index (κ3) is 9.46. The number of alkyl carbamates (subject to hydrolysis) is 1. The highest BCUT2D eigenvalue weighted by molar-refractivity contribution is 14.0. The van der Waals surface area contributed by atoms with Crippen molar-refractivity contribution in [3.8, 4) is 5.75 Å². The SMILES string of the molecule is CN=C(NCCc1cc(F)cc2c1OCOC2)NCC(C)(C)NC(=O)OC(C)(C)C.I. The molecule has 10 heteroatoms. The van der Waals surface area contributed by atoms with E-state index in [9.17, 15) is 9.18 Å². The van der Waals surface area contributed by atoms with E-state index in [1.165, 1.54) is 12.1 Å². The van der Waals surface area contributed by atoms with Gasteiger partial charge in [0.2, 0.25) is 0 Å². The fourth-order valence-corrected chi connectivity index (χ4v) is 2.91. The van der Waals surface area contributed by atoms with Crippen molar-refractivity contribution in [3.63, 3.8) is 0 Å². The van der Waals surface area contributed by atoms with Crippen LogP contribution in [-0.4, -0.2) is 50.1 Å². The quantitative estimate of drug-likeness (QED) is 0.285. The molecule has 0 saturated heterocycles. The average Bonchev–Trinajstić information content (AvgIpc) is 2.62. The Morgan fingerprint density at radius 2 is 1.94 bits per heavy atom. The maximum absolute atomic E-state index is 13.9. The minimum absolute atomic E-state index is 0. The molecular weight excluding hydrogens is 518 g/mol. The van der Waals surface area contributed by atoms with Crippen molar-refractivity contribution in [2.75, 3.05) is 26.9 Å². The summed E-state index contributed by atoms with van der Waals surface area (Å²) >= 11 is 0. The second kappa shape index (κ2) is 11.7. The summed E-state index contributed by atoms with van der Waals surface area (Å²) in [6.07, 6.45) is 0.0810. The van der Waals surface area contributed by atoms with Gasteiger partial charge in [-0.25, -0.2) is 9.18 Å². The van der Waals surface area contributed by atoms with E-state index in [1.54, 1.807) is 7.05 Å². The molecule has 3 N–H and O–H groups in total. The molecule has 1 aromatic rings. The molecule has 1 aromatic carbocycles. The van der Waals surface area contributed by atoms with Crippen LogP contribution in [0, 0.1) is 5.82 Å². The Bertz CT molecular complexity index is 781. The van der Waals surface area contributed by atoms with Gasteiger partial charge in [0.1, 0.15) is 17.2 Å². The van der Waals surface area contributed by atoms with Crippen LogP contribution < -0.4 is 20.7 Å². The number of fused-ring (bicyclic) bond motifs is 1. The van der Waals surface area contributed by atoms with Crippen molar-refractivity contribution in [1.29, 1.82) is 0 Å². The highest BCUT2D eigenvalue weighted by Gasteiger charge is 2.25. The first-order valence-corrected chi connectivity index (χ1v) is 9.96. The number of hydrogen-bond acceptors (Lipinski definition) is 5. The fraction of sp³-hybridized carbons (Fsp3) is 0.619. The van der Waals surface area contributed by atoms with Crippen molar-refractivity contribution in [3.05, 3.63) is 29.1 Å². The molecule has 0 bridgehead atoms. The second-order valence-corrected chi connectivity index (χ2v) is 8.78. The summed E-state index contributed by atoms with van der Waals surface area (Å²) in [7, 11) is 1.66. The monoisotopic (exact) mass is 552 g/mol. The van der Waals surface area contributed by atoms with Crippen molar-refractivity contribution in [2.45, 2.75) is 58.8 Å². The van der Waals surface area contributed by atoms with Crippen LogP contribution in [-0.2, 0) is 22.5 Å². The molecule has 0 fully saturated rings. The third-order valence-corrected chi connectivity index (χ3v) is 4.20. The molecule has 8 nitrogen and oxygen atoms in total. The van der Waals surface area contributed by atoms with Crippen LogP contribution in [0.5, 0.6) is 5.75 Å². The Labute approximate surface area is 200 Å². The van der Waals surface area contributed by atoms with Crippen molar-refractivity contribution < 1.29 is 23.4 Å². The van der Waals surface area contributed by atoms with Gasteiger partial charge in [-0.05, 0) is 58.7 Å². The van der Waals surface area contributed by atoms with E-state index >= 15 is 0 Å². The molecule has 1 aliphatic heterocycles. The van der Waals surface area contributed by atoms with Crippen LogP contribution in [0.1, 0.15) is 45.7 Å². The van der Waals surface area contributed by atoms with Crippen LogP contribution in [0.2, 0.25) is 0 Å². The van der Waals surface area contributed by atoms with E-state index in [4.69, 9.17) is 14.2 Å². The molecule has 1 amide bonds. The van der Waals surface area contributed by atoms with Gasteiger partial charge in [0.05, 0.1) is 12.1 Å². The van der Waals surface area contributed by atoms with Gasteiger partial charge in [-0.2, -0.15) is 0 Å². The lowest BCUT2D eigenvalue weighted by molar-refractivity contribution is -0.0172. The zero-order valence-corrected chi connectivity index (χ0v) is 21.4. The van der Waals surface area contributed by atoms with E-state index < -0.39 is 17.2 Å². The molecule has 176 valence electrons. The van der Waals surface area contributed by atoms with Gasteiger partial charge in [-0.15, -0.1) is 24.0 Å². The molecule has 0 unspecified atom stereocenters. The van der Waals surface area contributed by atoms with Crippen LogP contribution >= 0.6 is 24.0 Å². The highest BCUT2D eigenvalue weighted by atomic mass is 127. The van der Waals surface area contributed by atoms with Gasteiger partial charge >= 0.3 is 6.09 Å². The minimum Gasteiger partial charge on any atom is -0.467 e. The predicted octanol–water partition coefficient (Wildman–Crippen LogP) is 3.32. The Balaban J connectivity index is 0.00000480. The largest absolute Gasteiger partial charge is 0.467 e. The molecular formula is C21H34FIN4O4. The van der Waals surface area contributed by atoms with Crippen LogP contribution in [0.4, 0.5) is 9.18 Å². The summed E-state index contributed by atoms with van der Waals surface area (Å²) in [6.45, 7) is 10.7. The zero-order chi connectivity index (χ0) is 22.4. The molecule has 0 radical (unpaired) electrons. The van der Waals surface area contributed by atoms with Gasteiger partial charge in [0.15, 0.2) is 12.8 Å². The van der Waals surface area contributed by atoms with E-state index in [0.29, 0.717) is 43.4 Å². The number of halogens is 2. The fourth-order valence-electron chi connectivity index (χ4n) is 2.91. The number of amides is 1. The summed E-state index contributed by atoms with van der Waals surface area (Å²) in [6, 6.07) is 2.92. The number of nitrogens with zero attached hydrogens (tertiary/aromatic N) is 1. The zero-order valence-electron chi connectivity index (χ0n) is 19.1. The molecule has 0 aliphatic carbocycles. The van der Waals surface area contributed by atoms with E-state index in [2.05, 4.69) is 20.9 Å². The van der Waals surface area contributed by atoms with Crippen molar-refractivity contribution in [2.24, 2.45) is 4.99 Å². The number of carbonyl (C=O) groups is 1. The predicted molar refractivity (Wildman–Crippen MR) is 129 cm³/mol. The Morgan fingerprint density at radius 3 is 2.58 bits per heavy atom. The number of benzene rings is 1. The lowest BCUT2D eigenvalue weighted by atomic mass is 10.1. The van der Waals surface area contributed by atoms with Crippen LogP contribution in [0.3, 0.4) is 0 Å². The molecule has 0 saturated carbocycles. The number of carbonyl (C=O) groups excluding carboxylic acids is 1. The lowest BCUT2D eigenvalue weighted by Crippen LogP contribution is -2.54. The van der Waals surface area contributed by atoms with Gasteiger partial charge in [-0.3, -0.25) is 4.99 Å². The molecule has 0 atom stereocenters. The second-order valence-electron chi connectivity index (χ2n) is 8.78. The highest BCUT2D eigenvalue weighted by Crippen LogP contribution is 2.29. The molecule has 0 spiro atoms. The number of ether oxygens (including phenoxy) is 3. The Hall–Kier alpha value is -1.82.